The van der Waals surface area contributed by atoms with Gasteiger partial charge in [0.15, 0.2) is 5.82 Å². The number of rotatable bonds is 5. The number of sulfonamides is 1. The van der Waals surface area contributed by atoms with Crippen molar-refractivity contribution in [2.45, 2.75) is 45.4 Å². The fourth-order valence-electron chi connectivity index (χ4n) is 3.67. The predicted octanol–water partition coefficient (Wildman–Crippen LogP) is 1.70. The minimum atomic E-state index is -3.23. The van der Waals surface area contributed by atoms with Crippen LogP contribution in [-0.2, 0) is 14.8 Å². The lowest BCUT2D eigenvalue weighted by molar-refractivity contribution is 0.0104. The zero-order valence-corrected chi connectivity index (χ0v) is 14.6. The number of aromatic nitrogens is 2. The number of hydrogen-bond donors (Lipinski definition) is 0. The monoisotopic (exact) mass is 343 g/mol. The van der Waals surface area contributed by atoms with E-state index in [1.165, 1.54) is 0 Å². The first-order valence-electron chi connectivity index (χ1n) is 8.33. The van der Waals surface area contributed by atoms with Gasteiger partial charge in [0.05, 0.1) is 11.7 Å². The second kappa shape index (κ2) is 6.49. The number of ether oxygens (including phenoxy) is 1. The molecule has 0 radical (unpaired) electrons. The highest BCUT2D eigenvalue weighted by Gasteiger charge is 2.52. The van der Waals surface area contributed by atoms with Gasteiger partial charge in [-0.15, -0.1) is 0 Å². The molecule has 0 N–H and O–H groups in total. The van der Waals surface area contributed by atoms with Crippen LogP contribution in [0, 0.1) is 12.3 Å². The van der Waals surface area contributed by atoms with Gasteiger partial charge in [0.25, 0.3) is 0 Å². The largest absolute Gasteiger partial charge is 0.381 e. The molecule has 1 spiro atoms. The Labute approximate surface area is 137 Å². The molecule has 0 aromatic carbocycles. The van der Waals surface area contributed by atoms with Crippen LogP contribution < -0.4 is 0 Å². The summed E-state index contributed by atoms with van der Waals surface area (Å²) in [6.45, 7) is 6.08. The van der Waals surface area contributed by atoms with Gasteiger partial charge >= 0.3 is 0 Å². The number of hydrogen-bond acceptors (Lipinski definition) is 6. The first-order chi connectivity index (χ1) is 11.0. The van der Waals surface area contributed by atoms with Crippen LogP contribution in [0.2, 0.25) is 0 Å². The minimum Gasteiger partial charge on any atom is -0.381 e. The summed E-state index contributed by atoms with van der Waals surface area (Å²) >= 11 is 0. The average molecular weight is 343 g/mol. The molecule has 3 heterocycles. The Bertz CT molecular complexity index is 637. The lowest BCUT2D eigenvalue weighted by Crippen LogP contribution is -2.37. The molecule has 0 amide bonds. The summed E-state index contributed by atoms with van der Waals surface area (Å²) in [6.07, 6.45) is 3.23. The highest BCUT2D eigenvalue weighted by Crippen LogP contribution is 2.49. The van der Waals surface area contributed by atoms with Crippen molar-refractivity contribution in [3.05, 3.63) is 11.7 Å². The van der Waals surface area contributed by atoms with E-state index in [4.69, 9.17) is 9.26 Å². The van der Waals surface area contributed by atoms with Crippen molar-refractivity contribution in [2.24, 2.45) is 5.41 Å². The third kappa shape index (κ3) is 3.29. The van der Waals surface area contributed by atoms with E-state index >= 15 is 0 Å². The molecule has 2 aliphatic rings. The average Bonchev–Trinajstić information content (AvgIpc) is 3.11. The Morgan fingerprint density at radius 2 is 2.09 bits per heavy atom. The Morgan fingerprint density at radius 1 is 1.35 bits per heavy atom. The first-order valence-corrected chi connectivity index (χ1v) is 9.93. The quantitative estimate of drug-likeness (QED) is 0.809. The Hall–Kier alpha value is -0.990. The molecule has 2 fully saturated rings. The van der Waals surface area contributed by atoms with Crippen LogP contribution in [-0.4, -0.2) is 54.9 Å². The molecule has 0 unspecified atom stereocenters. The van der Waals surface area contributed by atoms with E-state index in [9.17, 15) is 8.42 Å². The summed E-state index contributed by atoms with van der Waals surface area (Å²) < 4.78 is 37.8. The topological polar surface area (TPSA) is 85.5 Å². The van der Waals surface area contributed by atoms with Crippen molar-refractivity contribution in [2.75, 3.05) is 32.1 Å². The second-order valence-corrected chi connectivity index (χ2v) is 8.76. The van der Waals surface area contributed by atoms with Gasteiger partial charge in [0.2, 0.25) is 15.9 Å². The summed E-state index contributed by atoms with van der Waals surface area (Å²) in [5.74, 6) is 1.34. The van der Waals surface area contributed by atoms with E-state index in [0.717, 1.165) is 19.3 Å². The fraction of sp³-hybridized carbons (Fsp3) is 0.867. The van der Waals surface area contributed by atoms with Crippen LogP contribution in [0.5, 0.6) is 0 Å². The number of unbranched alkanes of at least 4 members (excludes halogenated alkanes) is 1. The summed E-state index contributed by atoms with van der Waals surface area (Å²) in [7, 11) is -3.23. The van der Waals surface area contributed by atoms with E-state index in [2.05, 4.69) is 10.1 Å². The molecule has 23 heavy (non-hydrogen) atoms. The van der Waals surface area contributed by atoms with E-state index < -0.39 is 10.0 Å². The maximum absolute atomic E-state index is 12.6. The van der Waals surface area contributed by atoms with E-state index in [-0.39, 0.29) is 17.1 Å². The van der Waals surface area contributed by atoms with Crippen molar-refractivity contribution in [3.63, 3.8) is 0 Å². The summed E-state index contributed by atoms with van der Waals surface area (Å²) in [6, 6.07) is 0. The van der Waals surface area contributed by atoms with Crippen LogP contribution >= 0.6 is 0 Å². The van der Waals surface area contributed by atoms with Gasteiger partial charge in [-0.3, -0.25) is 0 Å². The molecule has 8 heteroatoms. The minimum absolute atomic E-state index is 0.0380. The maximum Gasteiger partial charge on any atom is 0.231 e. The Kier molecular flexibility index (Phi) is 4.75. The summed E-state index contributed by atoms with van der Waals surface area (Å²) in [5, 5.41) is 3.89. The van der Waals surface area contributed by atoms with Crippen LogP contribution in [0.15, 0.2) is 4.52 Å². The molecular weight excluding hydrogens is 318 g/mol. The molecule has 0 bridgehead atoms. The smallest absolute Gasteiger partial charge is 0.231 e. The lowest BCUT2D eigenvalue weighted by atomic mass is 9.72. The van der Waals surface area contributed by atoms with Gasteiger partial charge < -0.3 is 9.26 Å². The zero-order valence-electron chi connectivity index (χ0n) is 13.8. The van der Waals surface area contributed by atoms with Crippen molar-refractivity contribution in [1.82, 2.24) is 14.4 Å². The van der Waals surface area contributed by atoms with E-state index in [1.807, 2.05) is 6.92 Å². The highest BCUT2D eigenvalue weighted by molar-refractivity contribution is 7.89. The molecule has 1 aromatic rings. The lowest BCUT2D eigenvalue weighted by Gasteiger charge is -2.36. The third-order valence-electron chi connectivity index (χ3n) is 5.10. The van der Waals surface area contributed by atoms with E-state index in [1.54, 1.807) is 11.2 Å². The summed E-state index contributed by atoms with van der Waals surface area (Å²) in [4.78, 5) is 4.38. The van der Waals surface area contributed by atoms with Crippen molar-refractivity contribution in [1.29, 1.82) is 0 Å². The Morgan fingerprint density at radius 3 is 2.70 bits per heavy atom. The van der Waals surface area contributed by atoms with Crippen molar-refractivity contribution in [3.8, 4) is 0 Å². The zero-order chi connectivity index (χ0) is 16.5. The predicted molar refractivity (Wildman–Crippen MR) is 84.5 cm³/mol. The second-order valence-electron chi connectivity index (χ2n) is 6.67. The van der Waals surface area contributed by atoms with Crippen molar-refractivity contribution >= 4 is 10.0 Å². The van der Waals surface area contributed by atoms with Gasteiger partial charge in [0, 0.05) is 31.7 Å². The van der Waals surface area contributed by atoms with Crippen molar-refractivity contribution < 1.29 is 17.7 Å². The van der Waals surface area contributed by atoms with Crippen LogP contribution in [0.25, 0.3) is 0 Å². The van der Waals surface area contributed by atoms with Crippen LogP contribution in [0.1, 0.15) is 50.2 Å². The van der Waals surface area contributed by atoms with Gasteiger partial charge in [-0.25, -0.2) is 12.7 Å². The normalized spacial score (nSPS) is 25.2. The maximum atomic E-state index is 12.6. The van der Waals surface area contributed by atoms with Gasteiger partial charge in [-0.05, 0) is 26.2 Å². The summed E-state index contributed by atoms with van der Waals surface area (Å²) in [5.41, 5.74) is -0.142. The first kappa shape index (κ1) is 16.9. The SMILES string of the molecule is CCCCS(=O)(=O)N1C[C@@H](c2nc(C)no2)C2(CCOCC2)C1. The van der Waals surface area contributed by atoms with Crippen LogP contribution in [0.4, 0.5) is 0 Å². The van der Waals surface area contributed by atoms with Gasteiger partial charge in [-0.2, -0.15) is 4.98 Å². The molecule has 2 aliphatic heterocycles. The van der Waals surface area contributed by atoms with Gasteiger partial charge in [-0.1, -0.05) is 18.5 Å². The highest BCUT2D eigenvalue weighted by atomic mass is 32.2. The number of aryl methyl sites for hydroxylation is 1. The fourth-order valence-corrected chi connectivity index (χ4v) is 5.41. The molecule has 1 atom stereocenters. The Balaban J connectivity index is 1.87. The third-order valence-corrected chi connectivity index (χ3v) is 6.97. The molecule has 1 aromatic heterocycles. The molecule has 0 aliphatic carbocycles. The molecular formula is C15H25N3O4S. The molecule has 7 nitrogen and oxygen atoms in total. The molecule has 0 saturated carbocycles. The standard InChI is InChI=1S/C15H25N3O4S/c1-3-4-9-23(19,20)18-10-13(14-16-12(2)17-22-14)15(11-18)5-7-21-8-6-15/h13H,3-11H2,1-2H3/t13-/m0/s1. The molecule has 3 rings (SSSR count). The number of nitrogens with zero attached hydrogens (tertiary/aromatic N) is 3. The van der Waals surface area contributed by atoms with Crippen LogP contribution in [0.3, 0.4) is 0 Å². The molecule has 2 saturated heterocycles. The molecule has 130 valence electrons. The van der Waals surface area contributed by atoms with E-state index in [0.29, 0.717) is 44.4 Å². The van der Waals surface area contributed by atoms with Gasteiger partial charge in [0.1, 0.15) is 0 Å².